The monoisotopic (exact) mass is 366 g/mol. The number of rotatable bonds is 3. The molecule has 0 N–H and O–H groups in total. The molecule has 1 heterocycles. The van der Waals surface area contributed by atoms with Crippen molar-refractivity contribution in [1.29, 1.82) is 0 Å². The third-order valence-electron chi connectivity index (χ3n) is 2.77. The Labute approximate surface area is 124 Å². The summed E-state index contributed by atoms with van der Waals surface area (Å²) in [5.41, 5.74) is 1.26. The van der Waals surface area contributed by atoms with Gasteiger partial charge in [0, 0.05) is 13.8 Å². The lowest BCUT2D eigenvalue weighted by Crippen LogP contribution is -1.94. The van der Waals surface area contributed by atoms with Crippen LogP contribution in [0, 0.1) is 3.57 Å². The van der Waals surface area contributed by atoms with Crippen LogP contribution in [0.4, 0.5) is 0 Å². The molecule has 3 rings (SSSR count). The number of thiophene rings is 1. The largest absolute Gasteiger partial charge is 0.489 e. The summed E-state index contributed by atoms with van der Waals surface area (Å²) < 4.78 is 8.36. The van der Waals surface area contributed by atoms with Crippen molar-refractivity contribution in [3.8, 4) is 5.75 Å². The molecule has 1 nitrogen and oxygen atoms in total. The van der Waals surface area contributed by atoms with E-state index in [-0.39, 0.29) is 0 Å². The Balaban J connectivity index is 1.79. The highest BCUT2D eigenvalue weighted by molar-refractivity contribution is 14.1. The highest BCUT2D eigenvalue weighted by atomic mass is 127. The summed E-state index contributed by atoms with van der Waals surface area (Å²) in [5, 5.41) is 3.48. The molecule has 0 bridgehead atoms. The fraction of sp³-hybridized carbons (Fsp3) is 0.0667. The van der Waals surface area contributed by atoms with Crippen molar-refractivity contribution in [1.82, 2.24) is 0 Å². The quantitative estimate of drug-likeness (QED) is 0.587. The van der Waals surface area contributed by atoms with Crippen LogP contribution in [-0.4, -0.2) is 0 Å². The van der Waals surface area contributed by atoms with Crippen molar-refractivity contribution in [3.63, 3.8) is 0 Å². The minimum atomic E-state index is 0.630. The van der Waals surface area contributed by atoms with Gasteiger partial charge >= 0.3 is 0 Å². The minimum Gasteiger partial charge on any atom is -0.489 e. The van der Waals surface area contributed by atoms with Gasteiger partial charge in [0.05, 0.1) is 0 Å². The third kappa shape index (κ3) is 2.52. The topological polar surface area (TPSA) is 9.23 Å². The molecular weight excluding hydrogens is 355 g/mol. The molecule has 0 unspecified atom stereocenters. The smallest absolute Gasteiger partial charge is 0.119 e. The first-order chi connectivity index (χ1) is 8.83. The molecular formula is C15H11IOS. The van der Waals surface area contributed by atoms with Crippen LogP contribution in [0.15, 0.2) is 53.9 Å². The summed E-state index contributed by atoms with van der Waals surface area (Å²) in [4.78, 5) is 0. The lowest BCUT2D eigenvalue weighted by molar-refractivity contribution is 0.308. The molecule has 0 radical (unpaired) electrons. The van der Waals surface area contributed by atoms with Crippen LogP contribution in [0.2, 0.25) is 0 Å². The third-order valence-corrected chi connectivity index (χ3v) is 4.50. The van der Waals surface area contributed by atoms with E-state index >= 15 is 0 Å². The zero-order valence-electron chi connectivity index (χ0n) is 9.60. The highest BCUT2D eigenvalue weighted by Gasteiger charge is 2.03. The van der Waals surface area contributed by atoms with Gasteiger partial charge in [0.15, 0.2) is 0 Å². The van der Waals surface area contributed by atoms with E-state index in [1.807, 2.05) is 12.1 Å². The van der Waals surface area contributed by atoms with Crippen LogP contribution < -0.4 is 4.74 Å². The normalized spacial score (nSPS) is 10.7. The molecule has 0 aliphatic carbocycles. The van der Waals surface area contributed by atoms with E-state index in [1.54, 1.807) is 11.3 Å². The van der Waals surface area contributed by atoms with Crippen LogP contribution in [0.3, 0.4) is 0 Å². The molecule has 0 amide bonds. The molecule has 90 valence electrons. The van der Waals surface area contributed by atoms with Gasteiger partial charge in [0.25, 0.3) is 0 Å². The lowest BCUT2D eigenvalue weighted by atomic mass is 10.2. The van der Waals surface area contributed by atoms with E-state index in [1.165, 1.54) is 19.2 Å². The predicted molar refractivity (Wildman–Crippen MR) is 85.3 cm³/mol. The number of benzene rings is 2. The first kappa shape index (κ1) is 12.0. The van der Waals surface area contributed by atoms with Gasteiger partial charge in [-0.1, -0.05) is 18.2 Å². The number of fused-ring (bicyclic) bond motifs is 1. The fourth-order valence-corrected chi connectivity index (χ4v) is 3.14. The number of ether oxygens (including phenoxy) is 1. The number of hydrogen-bond acceptors (Lipinski definition) is 2. The lowest BCUT2D eigenvalue weighted by Gasteiger charge is -2.05. The molecule has 2 aromatic carbocycles. The average Bonchev–Trinajstić information content (AvgIpc) is 2.82. The van der Waals surface area contributed by atoms with Gasteiger partial charge in [-0.25, -0.2) is 0 Å². The van der Waals surface area contributed by atoms with Crippen LogP contribution in [0.1, 0.15) is 5.56 Å². The Bertz CT molecular complexity index is 658. The summed E-state index contributed by atoms with van der Waals surface area (Å²) in [5.74, 6) is 0.922. The molecule has 0 spiro atoms. The Morgan fingerprint density at radius 1 is 1.00 bits per heavy atom. The zero-order chi connectivity index (χ0) is 12.4. The maximum absolute atomic E-state index is 5.82. The molecule has 0 saturated heterocycles. The second-order valence-electron chi connectivity index (χ2n) is 4.00. The molecule has 3 aromatic rings. The van der Waals surface area contributed by atoms with Crippen molar-refractivity contribution in [2.24, 2.45) is 0 Å². The second-order valence-corrected chi connectivity index (χ2v) is 6.16. The molecule has 0 atom stereocenters. The molecule has 3 heteroatoms. The van der Waals surface area contributed by atoms with Crippen LogP contribution >= 0.6 is 33.9 Å². The van der Waals surface area contributed by atoms with E-state index in [0.717, 1.165) is 5.75 Å². The van der Waals surface area contributed by atoms with Gasteiger partial charge in [0.2, 0.25) is 0 Å². The Morgan fingerprint density at radius 3 is 2.61 bits per heavy atom. The molecule has 1 aromatic heterocycles. The number of halogens is 1. The van der Waals surface area contributed by atoms with Gasteiger partial charge in [-0.2, -0.15) is 0 Å². The average molecular weight is 366 g/mol. The highest BCUT2D eigenvalue weighted by Crippen LogP contribution is 2.26. The van der Waals surface area contributed by atoms with E-state index in [4.69, 9.17) is 4.74 Å². The predicted octanol–water partition coefficient (Wildman–Crippen LogP) is 5.08. The molecule has 0 aliphatic heterocycles. The summed E-state index contributed by atoms with van der Waals surface area (Å²) in [6, 6.07) is 16.6. The van der Waals surface area contributed by atoms with Crippen LogP contribution in [0.25, 0.3) is 10.1 Å². The molecule has 0 saturated carbocycles. The zero-order valence-corrected chi connectivity index (χ0v) is 12.6. The summed E-state index contributed by atoms with van der Waals surface area (Å²) in [7, 11) is 0. The maximum atomic E-state index is 5.82. The summed E-state index contributed by atoms with van der Waals surface area (Å²) in [6.45, 7) is 0.630. The Hall–Kier alpha value is -1.07. The van der Waals surface area contributed by atoms with Crippen molar-refractivity contribution >= 4 is 44.0 Å². The first-order valence-electron chi connectivity index (χ1n) is 5.66. The first-order valence-corrected chi connectivity index (χ1v) is 7.62. The SMILES string of the molecule is Ic1ccc(OCc2csc3ccccc23)cc1. The van der Waals surface area contributed by atoms with Crippen molar-refractivity contribution in [2.75, 3.05) is 0 Å². The van der Waals surface area contributed by atoms with E-state index in [2.05, 4.69) is 64.4 Å². The van der Waals surface area contributed by atoms with Crippen LogP contribution in [0.5, 0.6) is 5.75 Å². The number of hydrogen-bond donors (Lipinski definition) is 0. The Morgan fingerprint density at radius 2 is 1.78 bits per heavy atom. The van der Waals surface area contributed by atoms with Gasteiger partial charge in [-0.3, -0.25) is 0 Å². The summed E-state index contributed by atoms with van der Waals surface area (Å²) >= 11 is 4.06. The van der Waals surface area contributed by atoms with E-state index in [9.17, 15) is 0 Å². The Kier molecular flexibility index (Phi) is 3.52. The molecule has 0 fully saturated rings. The van der Waals surface area contributed by atoms with Gasteiger partial charge in [-0.15, -0.1) is 11.3 Å². The van der Waals surface area contributed by atoms with Gasteiger partial charge in [0.1, 0.15) is 12.4 Å². The van der Waals surface area contributed by atoms with Crippen LogP contribution in [-0.2, 0) is 6.61 Å². The fourth-order valence-electron chi connectivity index (χ4n) is 1.84. The van der Waals surface area contributed by atoms with Crippen molar-refractivity contribution in [2.45, 2.75) is 6.61 Å². The second kappa shape index (κ2) is 5.28. The summed E-state index contributed by atoms with van der Waals surface area (Å²) in [6.07, 6.45) is 0. The van der Waals surface area contributed by atoms with Gasteiger partial charge in [-0.05, 0) is 63.7 Å². The maximum Gasteiger partial charge on any atom is 0.119 e. The van der Waals surface area contributed by atoms with E-state index in [0.29, 0.717) is 6.61 Å². The van der Waals surface area contributed by atoms with E-state index < -0.39 is 0 Å². The minimum absolute atomic E-state index is 0.630. The van der Waals surface area contributed by atoms with Crippen molar-refractivity contribution < 1.29 is 4.74 Å². The van der Waals surface area contributed by atoms with Gasteiger partial charge < -0.3 is 4.74 Å². The molecule has 18 heavy (non-hydrogen) atoms. The standard InChI is InChI=1S/C15H11IOS/c16-12-5-7-13(8-6-12)17-9-11-10-18-15-4-2-1-3-14(11)15/h1-8,10H,9H2. The molecule has 0 aliphatic rings. The van der Waals surface area contributed by atoms with Crippen molar-refractivity contribution in [3.05, 3.63) is 63.0 Å².